The van der Waals surface area contributed by atoms with Crippen LogP contribution < -0.4 is 19.5 Å². The third-order valence-electron chi connectivity index (χ3n) is 4.94. The molecular formula is C23H29NO4. The van der Waals surface area contributed by atoms with Crippen LogP contribution in [-0.4, -0.2) is 25.9 Å². The monoisotopic (exact) mass is 383 g/mol. The summed E-state index contributed by atoms with van der Waals surface area (Å²) < 4.78 is 16.5. The Morgan fingerprint density at radius 1 is 1.11 bits per heavy atom. The van der Waals surface area contributed by atoms with E-state index in [1.165, 1.54) is 5.56 Å². The minimum Gasteiger partial charge on any atom is -0.494 e. The van der Waals surface area contributed by atoms with Gasteiger partial charge in [0.15, 0.2) is 11.5 Å². The van der Waals surface area contributed by atoms with Gasteiger partial charge in [0.05, 0.1) is 6.61 Å². The molecule has 1 aliphatic heterocycles. The van der Waals surface area contributed by atoms with Gasteiger partial charge in [0.2, 0.25) is 12.7 Å². The van der Waals surface area contributed by atoms with Crippen LogP contribution in [0.3, 0.4) is 0 Å². The van der Waals surface area contributed by atoms with Crippen LogP contribution in [0.25, 0.3) is 0 Å². The minimum atomic E-state index is -0.190. The summed E-state index contributed by atoms with van der Waals surface area (Å²) in [6.45, 7) is 7.73. The Morgan fingerprint density at radius 3 is 2.75 bits per heavy atom. The smallest absolute Gasteiger partial charge is 0.231 e. The summed E-state index contributed by atoms with van der Waals surface area (Å²) in [5.41, 5.74) is 2.11. The van der Waals surface area contributed by atoms with Crippen LogP contribution in [0.2, 0.25) is 0 Å². The lowest BCUT2D eigenvalue weighted by Gasteiger charge is -2.26. The second-order valence-electron chi connectivity index (χ2n) is 7.85. The molecule has 0 saturated carbocycles. The van der Waals surface area contributed by atoms with Crippen LogP contribution in [0, 0.1) is 6.92 Å². The van der Waals surface area contributed by atoms with Gasteiger partial charge in [0.1, 0.15) is 5.75 Å². The maximum Gasteiger partial charge on any atom is 0.231 e. The molecule has 0 bridgehead atoms. The molecule has 1 heterocycles. The summed E-state index contributed by atoms with van der Waals surface area (Å²) in [5.74, 6) is 2.50. The van der Waals surface area contributed by atoms with Gasteiger partial charge in [0.25, 0.3) is 0 Å². The van der Waals surface area contributed by atoms with Crippen molar-refractivity contribution >= 4 is 5.91 Å². The zero-order valence-electron chi connectivity index (χ0n) is 16.9. The standard InChI is InChI=1S/C23H29NO4/c1-17-7-6-8-19(13-17)26-12-5-4-9-22(25)24-15-23(2,3)18-10-11-20-21(14-18)28-16-27-20/h6-8,10-11,13-14H,4-5,9,12,15-16H2,1-3H3,(H,24,25). The first-order valence-corrected chi connectivity index (χ1v) is 9.80. The fraction of sp³-hybridized carbons (Fsp3) is 0.435. The van der Waals surface area contributed by atoms with Gasteiger partial charge >= 0.3 is 0 Å². The van der Waals surface area contributed by atoms with Crippen molar-refractivity contribution in [2.75, 3.05) is 19.9 Å². The summed E-state index contributed by atoms with van der Waals surface area (Å²) in [5, 5.41) is 3.05. The number of hydrogen-bond donors (Lipinski definition) is 1. The predicted octanol–water partition coefficient (Wildman–Crippen LogP) is 4.37. The Bertz CT molecular complexity index is 816. The Balaban J connectivity index is 1.36. The lowest BCUT2D eigenvalue weighted by Crippen LogP contribution is -2.36. The van der Waals surface area contributed by atoms with E-state index in [1.807, 2.05) is 49.4 Å². The van der Waals surface area contributed by atoms with E-state index in [1.54, 1.807) is 0 Å². The predicted molar refractivity (Wildman–Crippen MR) is 109 cm³/mol. The maximum atomic E-state index is 12.2. The molecule has 150 valence electrons. The molecule has 5 heteroatoms. The molecule has 0 radical (unpaired) electrons. The average Bonchev–Trinajstić information content (AvgIpc) is 3.14. The fourth-order valence-corrected chi connectivity index (χ4v) is 3.11. The molecule has 0 aromatic heterocycles. The summed E-state index contributed by atoms with van der Waals surface area (Å²) in [6.07, 6.45) is 2.17. The fourth-order valence-electron chi connectivity index (χ4n) is 3.11. The molecule has 2 aromatic carbocycles. The van der Waals surface area contributed by atoms with Crippen LogP contribution in [0.4, 0.5) is 0 Å². The molecular weight excluding hydrogens is 354 g/mol. The van der Waals surface area contributed by atoms with E-state index in [-0.39, 0.29) is 18.1 Å². The number of unbranched alkanes of at least 4 members (excludes halogenated alkanes) is 1. The highest BCUT2D eigenvalue weighted by molar-refractivity contribution is 5.76. The van der Waals surface area contributed by atoms with Gasteiger partial charge in [-0.2, -0.15) is 0 Å². The van der Waals surface area contributed by atoms with Crippen LogP contribution in [0.5, 0.6) is 17.2 Å². The molecule has 1 amide bonds. The molecule has 0 spiro atoms. The molecule has 0 atom stereocenters. The van der Waals surface area contributed by atoms with Crippen molar-refractivity contribution in [3.05, 3.63) is 53.6 Å². The molecule has 28 heavy (non-hydrogen) atoms. The number of amides is 1. The quantitative estimate of drug-likeness (QED) is 0.654. The van der Waals surface area contributed by atoms with Crippen molar-refractivity contribution in [2.45, 2.75) is 45.4 Å². The zero-order valence-corrected chi connectivity index (χ0v) is 16.9. The van der Waals surface area contributed by atoms with Crippen molar-refractivity contribution in [1.29, 1.82) is 0 Å². The van der Waals surface area contributed by atoms with Crippen molar-refractivity contribution in [3.63, 3.8) is 0 Å². The van der Waals surface area contributed by atoms with Gasteiger partial charge in [-0.25, -0.2) is 0 Å². The topological polar surface area (TPSA) is 56.8 Å². The number of nitrogens with one attached hydrogen (secondary N) is 1. The third kappa shape index (κ3) is 5.41. The summed E-state index contributed by atoms with van der Waals surface area (Å²) in [7, 11) is 0. The molecule has 5 nitrogen and oxygen atoms in total. The summed E-state index contributed by atoms with van der Waals surface area (Å²) >= 11 is 0. The van der Waals surface area contributed by atoms with Crippen LogP contribution >= 0.6 is 0 Å². The van der Waals surface area contributed by atoms with Gasteiger partial charge in [0, 0.05) is 18.4 Å². The van der Waals surface area contributed by atoms with Gasteiger partial charge in [-0.15, -0.1) is 0 Å². The zero-order chi connectivity index (χ0) is 20.0. The highest BCUT2D eigenvalue weighted by Crippen LogP contribution is 2.36. The van der Waals surface area contributed by atoms with E-state index in [9.17, 15) is 4.79 Å². The SMILES string of the molecule is Cc1cccc(OCCCCC(=O)NCC(C)(C)c2ccc3c(c2)OCO3)c1. The number of hydrogen-bond acceptors (Lipinski definition) is 4. The van der Waals surface area contributed by atoms with E-state index in [0.29, 0.717) is 19.6 Å². The summed E-state index contributed by atoms with van der Waals surface area (Å²) in [4.78, 5) is 12.2. The number of carbonyl (C=O) groups excluding carboxylic acids is 1. The molecule has 1 aliphatic rings. The molecule has 1 N–H and O–H groups in total. The van der Waals surface area contributed by atoms with E-state index >= 15 is 0 Å². The number of aryl methyl sites for hydroxylation is 1. The molecule has 3 rings (SSSR count). The molecule has 0 aliphatic carbocycles. The number of carbonyl (C=O) groups is 1. The number of rotatable bonds is 9. The highest BCUT2D eigenvalue weighted by Gasteiger charge is 2.24. The largest absolute Gasteiger partial charge is 0.494 e. The van der Waals surface area contributed by atoms with Gasteiger partial charge in [-0.05, 0) is 55.2 Å². The molecule has 2 aromatic rings. The summed E-state index contributed by atoms with van der Waals surface area (Å²) in [6, 6.07) is 14.0. The van der Waals surface area contributed by atoms with Gasteiger partial charge in [-0.3, -0.25) is 4.79 Å². The molecule has 0 unspecified atom stereocenters. The van der Waals surface area contributed by atoms with Crippen molar-refractivity contribution in [1.82, 2.24) is 5.32 Å². The van der Waals surface area contributed by atoms with E-state index in [0.717, 1.165) is 35.7 Å². The second-order valence-corrected chi connectivity index (χ2v) is 7.85. The third-order valence-corrected chi connectivity index (χ3v) is 4.94. The second kappa shape index (κ2) is 9.00. The van der Waals surface area contributed by atoms with E-state index in [4.69, 9.17) is 14.2 Å². The van der Waals surface area contributed by atoms with Crippen LogP contribution in [-0.2, 0) is 10.2 Å². The van der Waals surface area contributed by atoms with E-state index in [2.05, 4.69) is 19.2 Å². The Kier molecular flexibility index (Phi) is 6.45. The molecule has 0 saturated heterocycles. The Morgan fingerprint density at radius 2 is 1.93 bits per heavy atom. The van der Waals surface area contributed by atoms with Crippen LogP contribution in [0.1, 0.15) is 44.2 Å². The Hall–Kier alpha value is -2.69. The van der Waals surface area contributed by atoms with Crippen molar-refractivity contribution in [3.8, 4) is 17.2 Å². The highest BCUT2D eigenvalue weighted by atomic mass is 16.7. The first-order chi connectivity index (χ1) is 13.4. The average molecular weight is 383 g/mol. The van der Waals surface area contributed by atoms with Crippen molar-refractivity contribution < 1.29 is 19.0 Å². The van der Waals surface area contributed by atoms with Gasteiger partial charge in [-0.1, -0.05) is 32.0 Å². The van der Waals surface area contributed by atoms with Crippen molar-refractivity contribution in [2.24, 2.45) is 0 Å². The van der Waals surface area contributed by atoms with Crippen LogP contribution in [0.15, 0.2) is 42.5 Å². The number of fused-ring (bicyclic) bond motifs is 1. The Labute approximate surface area is 167 Å². The first-order valence-electron chi connectivity index (χ1n) is 9.80. The van der Waals surface area contributed by atoms with Gasteiger partial charge < -0.3 is 19.5 Å². The minimum absolute atomic E-state index is 0.0735. The first kappa shape index (κ1) is 20.1. The lowest BCUT2D eigenvalue weighted by molar-refractivity contribution is -0.121. The molecule has 0 fully saturated rings. The normalized spacial score (nSPS) is 12.7. The lowest BCUT2D eigenvalue weighted by atomic mass is 9.84. The maximum absolute atomic E-state index is 12.2. The number of ether oxygens (including phenoxy) is 3. The van der Waals surface area contributed by atoms with E-state index < -0.39 is 0 Å². The number of benzene rings is 2.